The standard InChI is InChI=1S/C13H16O4/c1-8-2-5-11(17-7-9-3-4-9)10(6-8)12(14)13(15)16/h2,5-6,9,12,14H,3-4,7H2,1H3,(H,15,16). The normalized spacial score (nSPS) is 16.6. The molecule has 4 heteroatoms. The molecule has 1 aromatic carbocycles. The number of aryl methyl sites for hydroxylation is 1. The number of hydrogen-bond donors (Lipinski definition) is 2. The molecular formula is C13H16O4. The third-order valence-electron chi connectivity index (χ3n) is 2.87. The third-order valence-corrected chi connectivity index (χ3v) is 2.87. The number of aliphatic hydroxyl groups is 1. The molecule has 2 rings (SSSR count). The molecule has 0 saturated heterocycles. The van der Waals surface area contributed by atoms with E-state index >= 15 is 0 Å². The fraction of sp³-hybridized carbons (Fsp3) is 0.462. The lowest BCUT2D eigenvalue weighted by Crippen LogP contribution is -2.13. The van der Waals surface area contributed by atoms with E-state index in [2.05, 4.69) is 0 Å². The zero-order chi connectivity index (χ0) is 12.4. The first kappa shape index (κ1) is 11.9. The molecule has 0 heterocycles. The molecule has 0 amide bonds. The molecule has 0 spiro atoms. The molecule has 0 aliphatic heterocycles. The highest BCUT2D eigenvalue weighted by Gasteiger charge is 2.24. The van der Waals surface area contributed by atoms with E-state index in [1.165, 1.54) is 12.8 Å². The van der Waals surface area contributed by atoms with E-state index < -0.39 is 12.1 Å². The summed E-state index contributed by atoms with van der Waals surface area (Å²) in [5.74, 6) is -0.199. The average molecular weight is 236 g/mol. The summed E-state index contributed by atoms with van der Waals surface area (Å²) >= 11 is 0. The highest BCUT2D eigenvalue weighted by atomic mass is 16.5. The first-order valence-corrected chi connectivity index (χ1v) is 5.72. The summed E-state index contributed by atoms with van der Waals surface area (Å²) in [6.07, 6.45) is 0.815. The van der Waals surface area contributed by atoms with E-state index in [9.17, 15) is 9.90 Å². The summed E-state index contributed by atoms with van der Waals surface area (Å²) in [6.45, 7) is 2.45. The van der Waals surface area contributed by atoms with Gasteiger partial charge >= 0.3 is 5.97 Å². The van der Waals surface area contributed by atoms with Crippen LogP contribution >= 0.6 is 0 Å². The van der Waals surface area contributed by atoms with Crippen molar-refractivity contribution in [2.45, 2.75) is 25.9 Å². The number of rotatable bonds is 5. The molecule has 1 aliphatic rings. The maximum Gasteiger partial charge on any atom is 0.337 e. The molecule has 1 unspecified atom stereocenters. The summed E-state index contributed by atoms with van der Waals surface area (Å²) in [5, 5.41) is 18.4. The molecule has 1 fully saturated rings. The van der Waals surface area contributed by atoms with Crippen molar-refractivity contribution >= 4 is 5.97 Å². The van der Waals surface area contributed by atoms with Crippen LogP contribution in [0.1, 0.15) is 30.1 Å². The zero-order valence-electron chi connectivity index (χ0n) is 9.72. The van der Waals surface area contributed by atoms with E-state index in [0.29, 0.717) is 23.8 Å². The molecule has 0 bridgehead atoms. The molecule has 1 saturated carbocycles. The molecule has 92 valence electrons. The Morgan fingerprint density at radius 3 is 2.82 bits per heavy atom. The van der Waals surface area contributed by atoms with E-state index in [4.69, 9.17) is 9.84 Å². The minimum Gasteiger partial charge on any atom is -0.493 e. The van der Waals surface area contributed by atoms with Gasteiger partial charge in [-0.25, -0.2) is 4.79 Å². The van der Waals surface area contributed by atoms with Crippen molar-refractivity contribution in [2.24, 2.45) is 5.92 Å². The van der Waals surface area contributed by atoms with Gasteiger partial charge in [-0.2, -0.15) is 0 Å². The van der Waals surface area contributed by atoms with E-state index in [0.717, 1.165) is 5.56 Å². The Hall–Kier alpha value is -1.55. The lowest BCUT2D eigenvalue weighted by Gasteiger charge is -2.14. The van der Waals surface area contributed by atoms with E-state index in [1.54, 1.807) is 12.1 Å². The van der Waals surface area contributed by atoms with Crippen molar-refractivity contribution in [3.05, 3.63) is 29.3 Å². The third kappa shape index (κ3) is 2.97. The second kappa shape index (κ2) is 4.75. The number of aliphatic hydroxyl groups excluding tert-OH is 1. The molecule has 1 atom stereocenters. The van der Waals surface area contributed by atoms with Crippen molar-refractivity contribution < 1.29 is 19.7 Å². The second-order valence-electron chi connectivity index (χ2n) is 4.54. The average Bonchev–Trinajstić information content (AvgIpc) is 3.10. The number of benzene rings is 1. The van der Waals surface area contributed by atoms with Gasteiger partial charge in [0.2, 0.25) is 0 Å². The van der Waals surface area contributed by atoms with Gasteiger partial charge in [0, 0.05) is 5.56 Å². The van der Waals surface area contributed by atoms with Crippen LogP contribution in [0.3, 0.4) is 0 Å². The minimum atomic E-state index is -1.52. The van der Waals surface area contributed by atoms with Gasteiger partial charge in [0.1, 0.15) is 5.75 Å². The van der Waals surface area contributed by atoms with Crippen LogP contribution in [-0.2, 0) is 4.79 Å². The number of carboxylic acid groups (broad SMARTS) is 1. The first-order chi connectivity index (χ1) is 8.08. The molecule has 2 N–H and O–H groups in total. The lowest BCUT2D eigenvalue weighted by atomic mass is 10.1. The van der Waals surface area contributed by atoms with Crippen LogP contribution in [0.4, 0.5) is 0 Å². The number of carbonyl (C=O) groups is 1. The highest BCUT2D eigenvalue weighted by Crippen LogP contribution is 2.32. The fourth-order valence-electron chi connectivity index (χ4n) is 1.64. The van der Waals surface area contributed by atoms with Gasteiger partial charge in [-0.15, -0.1) is 0 Å². The maximum atomic E-state index is 10.8. The summed E-state index contributed by atoms with van der Waals surface area (Å²) in [6, 6.07) is 5.22. The van der Waals surface area contributed by atoms with E-state index in [1.807, 2.05) is 13.0 Å². The van der Waals surface area contributed by atoms with Crippen LogP contribution in [0.5, 0.6) is 5.75 Å². The van der Waals surface area contributed by atoms with Crippen molar-refractivity contribution in [1.29, 1.82) is 0 Å². The smallest absolute Gasteiger partial charge is 0.337 e. The summed E-state index contributed by atoms with van der Waals surface area (Å²) in [4.78, 5) is 10.8. The van der Waals surface area contributed by atoms with Gasteiger partial charge in [-0.05, 0) is 37.8 Å². The summed E-state index contributed by atoms with van der Waals surface area (Å²) < 4.78 is 5.56. The first-order valence-electron chi connectivity index (χ1n) is 5.72. The van der Waals surface area contributed by atoms with Crippen molar-refractivity contribution in [3.63, 3.8) is 0 Å². The van der Waals surface area contributed by atoms with Crippen LogP contribution in [0.15, 0.2) is 18.2 Å². The maximum absolute atomic E-state index is 10.8. The van der Waals surface area contributed by atoms with Gasteiger partial charge in [-0.3, -0.25) is 0 Å². The van der Waals surface area contributed by atoms with Crippen molar-refractivity contribution in [3.8, 4) is 5.75 Å². The summed E-state index contributed by atoms with van der Waals surface area (Å²) in [7, 11) is 0. The monoisotopic (exact) mass is 236 g/mol. The Balaban J connectivity index is 2.19. The molecule has 1 aromatic rings. The summed E-state index contributed by atoms with van der Waals surface area (Å²) in [5.41, 5.74) is 1.23. The molecule has 17 heavy (non-hydrogen) atoms. The molecule has 1 aliphatic carbocycles. The predicted molar refractivity (Wildman–Crippen MR) is 62.0 cm³/mol. The van der Waals surface area contributed by atoms with Crippen LogP contribution in [0.25, 0.3) is 0 Å². The van der Waals surface area contributed by atoms with E-state index in [-0.39, 0.29) is 0 Å². The Bertz CT molecular complexity index is 423. The SMILES string of the molecule is Cc1ccc(OCC2CC2)c(C(O)C(=O)O)c1. The molecule has 0 aromatic heterocycles. The fourth-order valence-corrected chi connectivity index (χ4v) is 1.64. The quantitative estimate of drug-likeness (QED) is 0.819. The van der Waals surface area contributed by atoms with Crippen molar-refractivity contribution in [1.82, 2.24) is 0 Å². The van der Waals surface area contributed by atoms with Gasteiger partial charge < -0.3 is 14.9 Å². The number of carboxylic acids is 1. The Morgan fingerprint density at radius 1 is 1.53 bits per heavy atom. The van der Waals surface area contributed by atoms with Gasteiger partial charge in [0.15, 0.2) is 6.10 Å². The largest absolute Gasteiger partial charge is 0.493 e. The number of ether oxygens (including phenoxy) is 1. The van der Waals surface area contributed by atoms with Gasteiger partial charge in [-0.1, -0.05) is 11.6 Å². The molecule has 4 nitrogen and oxygen atoms in total. The Labute approximate surface area is 99.8 Å². The Morgan fingerprint density at radius 2 is 2.24 bits per heavy atom. The topological polar surface area (TPSA) is 66.8 Å². The van der Waals surface area contributed by atoms with Crippen LogP contribution in [-0.4, -0.2) is 22.8 Å². The molecule has 0 radical (unpaired) electrons. The van der Waals surface area contributed by atoms with Crippen LogP contribution < -0.4 is 4.74 Å². The number of hydrogen-bond acceptors (Lipinski definition) is 3. The zero-order valence-corrected chi connectivity index (χ0v) is 9.72. The van der Waals surface area contributed by atoms with Gasteiger partial charge in [0.05, 0.1) is 6.61 Å². The van der Waals surface area contributed by atoms with Crippen molar-refractivity contribution in [2.75, 3.05) is 6.61 Å². The van der Waals surface area contributed by atoms with Crippen LogP contribution in [0, 0.1) is 12.8 Å². The Kier molecular flexibility index (Phi) is 3.33. The number of aliphatic carboxylic acids is 1. The highest BCUT2D eigenvalue weighted by molar-refractivity contribution is 5.75. The second-order valence-corrected chi connectivity index (χ2v) is 4.54. The van der Waals surface area contributed by atoms with Crippen LogP contribution in [0.2, 0.25) is 0 Å². The molecular weight excluding hydrogens is 220 g/mol. The van der Waals surface area contributed by atoms with Gasteiger partial charge in [0.25, 0.3) is 0 Å². The minimum absolute atomic E-state index is 0.332. The lowest BCUT2D eigenvalue weighted by molar-refractivity contribution is -0.147. The predicted octanol–water partition coefficient (Wildman–Crippen LogP) is 1.90.